The van der Waals surface area contributed by atoms with Crippen LogP contribution in [0.1, 0.15) is 32.8 Å². The summed E-state index contributed by atoms with van der Waals surface area (Å²) in [5.74, 6) is 2.23. The lowest BCUT2D eigenvalue weighted by molar-refractivity contribution is 0.321. The van der Waals surface area contributed by atoms with E-state index < -0.39 is 14.6 Å². The Labute approximate surface area is 204 Å². The normalized spacial score (nSPS) is 17.7. The lowest BCUT2D eigenvalue weighted by Gasteiger charge is -2.22. The number of halogens is 1. The van der Waals surface area contributed by atoms with Crippen LogP contribution in [0.15, 0.2) is 23.2 Å². The molecule has 1 fully saturated rings. The Hall–Kier alpha value is -1.27. The molecule has 8 nitrogen and oxygen atoms in total. The van der Waals surface area contributed by atoms with E-state index in [1.54, 1.807) is 28.1 Å². The maximum absolute atomic E-state index is 11.9. The van der Waals surface area contributed by atoms with Gasteiger partial charge in [-0.3, -0.25) is 9.89 Å². The smallest absolute Gasteiger partial charge is 0.191 e. The van der Waals surface area contributed by atoms with Crippen molar-refractivity contribution in [2.24, 2.45) is 4.99 Å². The fourth-order valence-corrected chi connectivity index (χ4v) is 3.51. The summed E-state index contributed by atoms with van der Waals surface area (Å²) in [6.07, 6.45) is 2.24. The van der Waals surface area contributed by atoms with E-state index in [2.05, 4.69) is 20.5 Å². The fraction of sp³-hybridized carbons (Fsp3) is 0.667. The first kappa shape index (κ1) is 27.8. The van der Waals surface area contributed by atoms with Crippen LogP contribution in [0.4, 0.5) is 0 Å². The van der Waals surface area contributed by atoms with Crippen molar-refractivity contribution in [2.45, 2.75) is 44.5 Å². The molecule has 10 heteroatoms. The Morgan fingerprint density at radius 3 is 2.35 bits per heavy atom. The zero-order valence-electron chi connectivity index (χ0n) is 19.4. The molecular formula is C21H37IN4O4S. The number of aliphatic imine (C=N–C) groups is 1. The first-order valence-corrected chi connectivity index (χ1v) is 12.2. The highest BCUT2D eigenvalue weighted by Gasteiger charge is 2.30. The number of methoxy groups -OCH3 is 2. The summed E-state index contributed by atoms with van der Waals surface area (Å²) in [6, 6.07) is 6.18. The van der Waals surface area contributed by atoms with Gasteiger partial charge in [0.15, 0.2) is 15.8 Å². The summed E-state index contributed by atoms with van der Waals surface area (Å²) in [7, 11) is 0.121. The average molecular weight is 569 g/mol. The highest BCUT2D eigenvalue weighted by molar-refractivity contribution is 14.0. The topological polar surface area (TPSA) is 92.3 Å². The van der Waals surface area contributed by atoms with Gasteiger partial charge in [-0.05, 0) is 44.9 Å². The van der Waals surface area contributed by atoms with Crippen LogP contribution in [-0.2, 0) is 16.4 Å². The Balaban J connectivity index is 0.00000480. The minimum Gasteiger partial charge on any atom is -0.497 e. The van der Waals surface area contributed by atoms with Crippen LogP contribution in [0.3, 0.4) is 0 Å². The first-order chi connectivity index (χ1) is 14.1. The predicted octanol–water partition coefficient (Wildman–Crippen LogP) is 2.27. The number of nitrogens with one attached hydrogen (secondary N) is 2. The van der Waals surface area contributed by atoms with E-state index in [1.807, 2.05) is 25.1 Å². The number of hydrogen-bond acceptors (Lipinski definition) is 6. The molecule has 0 amide bonds. The molecule has 1 unspecified atom stereocenters. The Morgan fingerprint density at radius 1 is 1.23 bits per heavy atom. The van der Waals surface area contributed by atoms with Crippen LogP contribution in [0, 0.1) is 0 Å². The summed E-state index contributed by atoms with van der Waals surface area (Å²) in [5.41, 5.74) is 1.14. The van der Waals surface area contributed by atoms with Crippen molar-refractivity contribution in [1.82, 2.24) is 15.5 Å². The first-order valence-electron chi connectivity index (χ1n) is 10.3. The summed E-state index contributed by atoms with van der Waals surface area (Å²) >= 11 is 0. The van der Waals surface area contributed by atoms with Crippen molar-refractivity contribution < 1.29 is 17.9 Å². The number of benzene rings is 1. The monoisotopic (exact) mass is 568 g/mol. The van der Waals surface area contributed by atoms with Crippen LogP contribution >= 0.6 is 24.0 Å². The number of nitrogens with zero attached hydrogens (tertiary/aromatic N) is 2. The fourth-order valence-electron chi connectivity index (χ4n) is 3.21. The summed E-state index contributed by atoms with van der Waals surface area (Å²) in [4.78, 5) is 6.90. The van der Waals surface area contributed by atoms with E-state index in [-0.39, 0.29) is 36.6 Å². The van der Waals surface area contributed by atoms with E-state index in [1.165, 1.54) is 6.26 Å². The van der Waals surface area contributed by atoms with E-state index in [4.69, 9.17) is 9.47 Å². The number of rotatable bonds is 9. The number of hydrogen-bond donors (Lipinski definition) is 2. The summed E-state index contributed by atoms with van der Waals surface area (Å²) in [6.45, 7) is 8.97. The van der Waals surface area contributed by atoms with Crippen molar-refractivity contribution in [3.8, 4) is 11.5 Å². The maximum Gasteiger partial charge on any atom is 0.191 e. The molecule has 1 atom stereocenters. The highest BCUT2D eigenvalue weighted by atomic mass is 127. The van der Waals surface area contributed by atoms with Crippen LogP contribution in [0.5, 0.6) is 11.5 Å². The third kappa shape index (κ3) is 8.30. The van der Waals surface area contributed by atoms with Gasteiger partial charge in [0.05, 0.1) is 25.5 Å². The molecule has 1 aliphatic rings. The van der Waals surface area contributed by atoms with Gasteiger partial charge in [-0.15, -0.1) is 24.0 Å². The molecule has 0 bridgehead atoms. The van der Waals surface area contributed by atoms with Crippen LogP contribution in [0.2, 0.25) is 0 Å². The van der Waals surface area contributed by atoms with Gasteiger partial charge in [0.1, 0.15) is 11.5 Å². The minimum absolute atomic E-state index is 0. The van der Waals surface area contributed by atoms with E-state index in [9.17, 15) is 8.42 Å². The molecule has 1 aromatic rings. The second-order valence-corrected chi connectivity index (χ2v) is 11.0. The van der Waals surface area contributed by atoms with Crippen LogP contribution in [0.25, 0.3) is 0 Å². The SMILES string of the molecule is CCNC(=NCC(C)(C)S(C)(=O)=O)NC1CCN(Cc2cc(OC)cc(OC)c2)C1.I. The van der Waals surface area contributed by atoms with Crippen molar-refractivity contribution >= 4 is 39.8 Å². The molecule has 2 N–H and O–H groups in total. The van der Waals surface area contributed by atoms with Gasteiger partial charge in [0.2, 0.25) is 0 Å². The second kappa shape index (κ2) is 12.1. The third-order valence-electron chi connectivity index (χ3n) is 5.40. The standard InChI is InChI=1S/C21H36N4O4S.HI/c1-7-22-20(23-15-21(2,3)30(6,26)27)24-17-8-9-25(14-17)13-16-10-18(28-4)12-19(11-16)29-5;/h10-12,17H,7-9,13-15H2,1-6H3,(H2,22,23,24);1H. The molecule has 2 rings (SSSR count). The maximum atomic E-state index is 11.9. The van der Waals surface area contributed by atoms with Crippen molar-refractivity contribution in [3.05, 3.63) is 23.8 Å². The van der Waals surface area contributed by atoms with Gasteiger partial charge in [0, 0.05) is 44.5 Å². The van der Waals surface area contributed by atoms with Crippen LogP contribution in [-0.4, -0.2) is 76.7 Å². The van der Waals surface area contributed by atoms with Crippen molar-refractivity contribution in [1.29, 1.82) is 0 Å². The molecule has 0 radical (unpaired) electrons. The zero-order valence-corrected chi connectivity index (χ0v) is 22.5. The van der Waals surface area contributed by atoms with Gasteiger partial charge in [-0.25, -0.2) is 8.42 Å². The van der Waals surface area contributed by atoms with Gasteiger partial charge >= 0.3 is 0 Å². The zero-order chi connectivity index (χ0) is 22.4. The molecule has 1 aromatic carbocycles. The van der Waals surface area contributed by atoms with Gasteiger partial charge in [-0.1, -0.05) is 0 Å². The van der Waals surface area contributed by atoms with E-state index in [0.717, 1.165) is 43.1 Å². The van der Waals surface area contributed by atoms with E-state index >= 15 is 0 Å². The molecule has 0 aliphatic carbocycles. The van der Waals surface area contributed by atoms with Crippen molar-refractivity contribution in [2.75, 3.05) is 46.7 Å². The highest BCUT2D eigenvalue weighted by Crippen LogP contribution is 2.24. The third-order valence-corrected chi connectivity index (χ3v) is 7.53. The molecule has 1 aliphatic heterocycles. The lowest BCUT2D eigenvalue weighted by atomic mass is 10.2. The average Bonchev–Trinajstić information content (AvgIpc) is 3.11. The van der Waals surface area contributed by atoms with Gasteiger partial charge in [0.25, 0.3) is 0 Å². The molecule has 0 aromatic heterocycles. The van der Waals surface area contributed by atoms with Gasteiger partial charge in [-0.2, -0.15) is 0 Å². The molecule has 0 saturated carbocycles. The molecular weight excluding hydrogens is 531 g/mol. The Bertz CT molecular complexity index is 824. The quantitative estimate of drug-likeness (QED) is 0.268. The Morgan fingerprint density at radius 2 is 1.84 bits per heavy atom. The number of likely N-dealkylation sites (tertiary alicyclic amines) is 1. The minimum atomic E-state index is -3.19. The second-order valence-electron chi connectivity index (χ2n) is 8.31. The predicted molar refractivity (Wildman–Crippen MR) is 137 cm³/mol. The van der Waals surface area contributed by atoms with Crippen LogP contribution < -0.4 is 20.1 Å². The van der Waals surface area contributed by atoms with Gasteiger partial charge < -0.3 is 20.1 Å². The molecule has 31 heavy (non-hydrogen) atoms. The van der Waals surface area contributed by atoms with E-state index in [0.29, 0.717) is 12.5 Å². The summed E-state index contributed by atoms with van der Waals surface area (Å²) < 4.78 is 33.7. The molecule has 178 valence electrons. The Kier molecular flexibility index (Phi) is 10.8. The summed E-state index contributed by atoms with van der Waals surface area (Å²) in [5, 5.41) is 6.68. The number of guanidine groups is 1. The largest absolute Gasteiger partial charge is 0.497 e. The number of ether oxygens (including phenoxy) is 2. The molecule has 0 spiro atoms. The molecule has 1 saturated heterocycles. The van der Waals surface area contributed by atoms with Crippen molar-refractivity contribution in [3.63, 3.8) is 0 Å². The molecule has 1 heterocycles. The lowest BCUT2D eigenvalue weighted by Crippen LogP contribution is -2.45. The number of sulfone groups is 1.